The molecule has 3 rings (SSSR count). The number of nitrogens with one attached hydrogen (secondary N) is 1. The van der Waals surface area contributed by atoms with E-state index in [1.807, 2.05) is 6.07 Å². The third-order valence-electron chi connectivity index (χ3n) is 3.63. The highest BCUT2D eigenvalue weighted by Crippen LogP contribution is 2.45. The summed E-state index contributed by atoms with van der Waals surface area (Å²) in [5.41, 5.74) is 1.66. The number of rotatable bonds is 4. The second-order valence-electron chi connectivity index (χ2n) is 5.45. The molecule has 0 radical (unpaired) electrons. The average molecular weight is 297 g/mol. The van der Waals surface area contributed by atoms with E-state index in [1.165, 1.54) is 22.5 Å². The maximum atomic E-state index is 12.0. The van der Waals surface area contributed by atoms with Crippen LogP contribution in [0.15, 0.2) is 30.5 Å². The van der Waals surface area contributed by atoms with Crippen molar-refractivity contribution in [3.63, 3.8) is 0 Å². The molecular weight excluding hydrogens is 282 g/mol. The van der Waals surface area contributed by atoms with Crippen LogP contribution in [0.25, 0.3) is 0 Å². The molecule has 1 aromatic carbocycles. The van der Waals surface area contributed by atoms with Gasteiger partial charge in [0, 0.05) is 17.5 Å². The van der Waals surface area contributed by atoms with Crippen LogP contribution in [-0.2, 0) is 11.2 Å². The van der Waals surface area contributed by atoms with E-state index in [4.69, 9.17) is 5.26 Å². The van der Waals surface area contributed by atoms with E-state index in [0.717, 1.165) is 11.3 Å². The first-order chi connectivity index (χ1) is 10.1. The van der Waals surface area contributed by atoms with Crippen LogP contribution in [0.1, 0.15) is 28.8 Å². The molecule has 5 heteroatoms. The van der Waals surface area contributed by atoms with Gasteiger partial charge in [-0.3, -0.25) is 4.79 Å². The summed E-state index contributed by atoms with van der Waals surface area (Å²) in [7, 11) is 0. The fourth-order valence-electron chi connectivity index (χ4n) is 2.20. The number of amides is 1. The van der Waals surface area contributed by atoms with Gasteiger partial charge < -0.3 is 5.32 Å². The molecule has 1 heterocycles. The Balaban J connectivity index is 1.67. The second kappa shape index (κ2) is 5.30. The van der Waals surface area contributed by atoms with Crippen LogP contribution in [0, 0.1) is 23.7 Å². The Labute approximate surface area is 127 Å². The molecule has 0 spiro atoms. The number of thiazole rings is 1. The molecule has 21 heavy (non-hydrogen) atoms. The van der Waals surface area contributed by atoms with E-state index in [9.17, 15) is 4.79 Å². The second-order valence-corrected chi connectivity index (χ2v) is 6.56. The Morgan fingerprint density at radius 3 is 3.00 bits per heavy atom. The molecule has 1 aliphatic carbocycles. The van der Waals surface area contributed by atoms with Crippen LogP contribution in [0.3, 0.4) is 0 Å². The molecule has 4 nitrogen and oxygen atoms in total. The highest BCUT2D eigenvalue weighted by atomic mass is 32.1. The number of nitriles is 1. The average Bonchev–Trinajstić information content (AvgIpc) is 3.16. The standard InChI is InChI=1S/C16H15N3OS/c1-11-3-2-4-12(7-11)8-13-9-18-15(21-13)19-14(20)16(10-17)5-6-16/h2-4,7,9H,5-6,8H2,1H3,(H,18,19,20). The van der Waals surface area contributed by atoms with Gasteiger partial charge in [-0.05, 0) is 25.3 Å². The van der Waals surface area contributed by atoms with Crippen LogP contribution in [0.2, 0.25) is 0 Å². The van der Waals surface area contributed by atoms with Crippen LogP contribution in [0.4, 0.5) is 5.13 Å². The summed E-state index contributed by atoms with van der Waals surface area (Å²) in [6.07, 6.45) is 3.89. The summed E-state index contributed by atoms with van der Waals surface area (Å²) in [5, 5.41) is 12.3. The number of hydrogen-bond donors (Lipinski definition) is 1. The highest BCUT2D eigenvalue weighted by Gasteiger charge is 2.50. The first kappa shape index (κ1) is 13.8. The number of anilines is 1. The molecule has 0 saturated heterocycles. The fraction of sp³-hybridized carbons (Fsp3) is 0.312. The number of aromatic nitrogens is 1. The zero-order chi connectivity index (χ0) is 14.9. The summed E-state index contributed by atoms with van der Waals surface area (Å²) in [6.45, 7) is 2.07. The smallest absolute Gasteiger partial charge is 0.246 e. The van der Waals surface area contributed by atoms with Gasteiger partial charge in [0.1, 0.15) is 5.41 Å². The number of nitrogens with zero attached hydrogens (tertiary/aromatic N) is 2. The minimum Gasteiger partial charge on any atom is -0.301 e. The lowest BCUT2D eigenvalue weighted by molar-refractivity contribution is -0.119. The monoisotopic (exact) mass is 297 g/mol. The predicted molar refractivity (Wildman–Crippen MR) is 82.0 cm³/mol. The number of hydrogen-bond acceptors (Lipinski definition) is 4. The number of carbonyl (C=O) groups is 1. The van der Waals surface area contributed by atoms with Crippen molar-refractivity contribution in [2.45, 2.75) is 26.2 Å². The first-order valence-electron chi connectivity index (χ1n) is 6.84. The van der Waals surface area contributed by atoms with Gasteiger partial charge in [-0.25, -0.2) is 4.98 Å². The van der Waals surface area contributed by atoms with E-state index in [0.29, 0.717) is 18.0 Å². The van der Waals surface area contributed by atoms with Crippen molar-refractivity contribution in [3.05, 3.63) is 46.5 Å². The molecule has 0 atom stereocenters. The van der Waals surface area contributed by atoms with Crippen molar-refractivity contribution in [2.75, 3.05) is 5.32 Å². The number of carbonyl (C=O) groups excluding carboxylic acids is 1. The Morgan fingerprint density at radius 1 is 1.52 bits per heavy atom. The zero-order valence-corrected chi connectivity index (χ0v) is 12.5. The normalized spacial score (nSPS) is 15.2. The topological polar surface area (TPSA) is 65.8 Å². The van der Waals surface area contributed by atoms with Crippen molar-refractivity contribution in [1.82, 2.24) is 4.98 Å². The Hall–Kier alpha value is -2.19. The van der Waals surface area contributed by atoms with Gasteiger partial charge in [0.15, 0.2) is 5.13 Å². The lowest BCUT2D eigenvalue weighted by Gasteiger charge is -2.04. The van der Waals surface area contributed by atoms with Gasteiger partial charge in [0.2, 0.25) is 5.91 Å². The van der Waals surface area contributed by atoms with Crippen molar-refractivity contribution < 1.29 is 4.79 Å². The summed E-state index contributed by atoms with van der Waals surface area (Å²) in [5.74, 6) is -0.221. The maximum Gasteiger partial charge on any atom is 0.246 e. The summed E-state index contributed by atoms with van der Waals surface area (Å²) < 4.78 is 0. The molecule has 1 amide bonds. The molecular formula is C16H15N3OS. The highest BCUT2D eigenvalue weighted by molar-refractivity contribution is 7.15. The number of benzene rings is 1. The largest absolute Gasteiger partial charge is 0.301 e. The molecule has 1 N–H and O–H groups in total. The molecule has 1 aromatic heterocycles. The fourth-order valence-corrected chi connectivity index (χ4v) is 3.04. The van der Waals surface area contributed by atoms with Gasteiger partial charge in [0.25, 0.3) is 0 Å². The van der Waals surface area contributed by atoms with E-state index in [-0.39, 0.29) is 5.91 Å². The summed E-state index contributed by atoms with van der Waals surface area (Å²) in [4.78, 5) is 17.3. The quantitative estimate of drug-likeness (QED) is 0.941. The van der Waals surface area contributed by atoms with E-state index >= 15 is 0 Å². The molecule has 1 aliphatic rings. The van der Waals surface area contributed by atoms with Crippen molar-refractivity contribution in [3.8, 4) is 6.07 Å². The first-order valence-corrected chi connectivity index (χ1v) is 7.66. The molecule has 2 aromatic rings. The zero-order valence-electron chi connectivity index (χ0n) is 11.7. The minimum absolute atomic E-state index is 0.221. The van der Waals surface area contributed by atoms with E-state index in [1.54, 1.807) is 6.20 Å². The Kier molecular flexibility index (Phi) is 3.48. The van der Waals surface area contributed by atoms with Gasteiger partial charge in [-0.2, -0.15) is 5.26 Å². The van der Waals surface area contributed by atoms with Crippen LogP contribution < -0.4 is 5.32 Å². The van der Waals surface area contributed by atoms with Crippen LogP contribution in [-0.4, -0.2) is 10.9 Å². The molecule has 0 aliphatic heterocycles. The lowest BCUT2D eigenvalue weighted by Crippen LogP contribution is -2.22. The van der Waals surface area contributed by atoms with Crippen molar-refractivity contribution >= 4 is 22.4 Å². The third-order valence-corrected chi connectivity index (χ3v) is 4.55. The molecule has 106 valence electrons. The third kappa shape index (κ3) is 2.96. The minimum atomic E-state index is -0.803. The van der Waals surface area contributed by atoms with Gasteiger partial charge in [-0.15, -0.1) is 11.3 Å². The Bertz CT molecular complexity index is 725. The predicted octanol–water partition coefficient (Wildman–Crippen LogP) is 3.28. The van der Waals surface area contributed by atoms with Crippen LogP contribution in [0.5, 0.6) is 0 Å². The van der Waals surface area contributed by atoms with E-state index in [2.05, 4.69) is 41.5 Å². The lowest BCUT2D eigenvalue weighted by atomic mass is 10.1. The SMILES string of the molecule is Cc1cccc(Cc2cnc(NC(=O)C3(C#N)CC3)s2)c1. The molecule has 0 unspecified atom stereocenters. The molecule has 1 fully saturated rings. The van der Waals surface area contributed by atoms with E-state index < -0.39 is 5.41 Å². The van der Waals surface area contributed by atoms with Gasteiger partial charge >= 0.3 is 0 Å². The maximum absolute atomic E-state index is 12.0. The van der Waals surface area contributed by atoms with Crippen molar-refractivity contribution in [1.29, 1.82) is 5.26 Å². The molecule has 0 bridgehead atoms. The Morgan fingerprint density at radius 2 is 2.33 bits per heavy atom. The van der Waals surface area contributed by atoms with Crippen molar-refractivity contribution in [2.24, 2.45) is 5.41 Å². The summed E-state index contributed by atoms with van der Waals surface area (Å²) >= 11 is 1.46. The summed E-state index contributed by atoms with van der Waals surface area (Å²) in [6, 6.07) is 10.4. The van der Waals surface area contributed by atoms with Gasteiger partial charge in [-0.1, -0.05) is 29.8 Å². The molecule has 1 saturated carbocycles. The number of aryl methyl sites for hydroxylation is 1. The van der Waals surface area contributed by atoms with Crippen LogP contribution >= 0.6 is 11.3 Å². The van der Waals surface area contributed by atoms with Gasteiger partial charge in [0.05, 0.1) is 6.07 Å².